The minimum atomic E-state index is -1.13. The van der Waals surface area contributed by atoms with Crippen molar-refractivity contribution in [2.24, 2.45) is 5.10 Å². The fraction of sp³-hybridized carbons (Fsp3) is 0.111. The van der Waals surface area contributed by atoms with E-state index in [2.05, 4.69) is 10.4 Å². The van der Waals surface area contributed by atoms with E-state index in [0.717, 1.165) is 12.1 Å². The number of benzene rings is 2. The van der Waals surface area contributed by atoms with Gasteiger partial charge in [-0.2, -0.15) is 5.10 Å². The molecule has 0 aliphatic heterocycles. The molecule has 146 valence electrons. The number of carbonyl (C=O) groups excluding carboxylic acids is 2. The van der Waals surface area contributed by atoms with E-state index >= 15 is 0 Å². The summed E-state index contributed by atoms with van der Waals surface area (Å²) in [5, 5.41) is 14.6. The van der Waals surface area contributed by atoms with Gasteiger partial charge in [-0.15, -0.1) is 0 Å². The van der Waals surface area contributed by atoms with Gasteiger partial charge >= 0.3 is 17.8 Å². The fourth-order valence-electron chi connectivity index (χ4n) is 1.96. The number of carbonyl (C=O) groups is 3. The van der Waals surface area contributed by atoms with Crippen LogP contribution in [0.4, 0.5) is 10.1 Å². The molecule has 9 nitrogen and oxygen atoms in total. The lowest BCUT2D eigenvalue weighted by molar-refractivity contribution is -0.139. The van der Waals surface area contributed by atoms with Crippen LogP contribution in [0.25, 0.3) is 0 Å². The Balaban J connectivity index is 1.93. The van der Waals surface area contributed by atoms with E-state index in [1.54, 1.807) is 6.07 Å². The summed E-state index contributed by atoms with van der Waals surface area (Å²) < 4.78 is 23.0. The molecule has 0 atom stereocenters. The van der Waals surface area contributed by atoms with Crippen molar-refractivity contribution in [2.75, 3.05) is 19.0 Å². The number of hydrogen-bond donors (Lipinski definition) is 3. The Morgan fingerprint density at radius 3 is 2.46 bits per heavy atom. The van der Waals surface area contributed by atoms with Crippen LogP contribution < -0.4 is 20.2 Å². The standard InChI is InChI=1S/C18H16FN3O6/c1-27-15-8-11(2-7-14(15)28-10-16(23)24)9-20-22-18(26)17(25)21-13-5-3-12(19)4-6-13/h2-9H,10H2,1H3,(H,21,25)(H,22,26)(H,23,24)/b20-9-. The zero-order valence-corrected chi connectivity index (χ0v) is 14.6. The summed E-state index contributed by atoms with van der Waals surface area (Å²) in [6.45, 7) is -0.525. The van der Waals surface area contributed by atoms with E-state index in [-0.39, 0.29) is 17.2 Å². The molecule has 2 rings (SSSR count). The van der Waals surface area contributed by atoms with Crippen molar-refractivity contribution in [3.63, 3.8) is 0 Å². The monoisotopic (exact) mass is 389 g/mol. The van der Waals surface area contributed by atoms with Crippen LogP contribution in [-0.4, -0.2) is 42.8 Å². The SMILES string of the molecule is COc1cc(/C=N\NC(=O)C(=O)Nc2ccc(F)cc2)ccc1OCC(=O)O. The van der Waals surface area contributed by atoms with Crippen LogP contribution in [0.5, 0.6) is 11.5 Å². The van der Waals surface area contributed by atoms with Crippen LogP contribution >= 0.6 is 0 Å². The number of hydrogen-bond acceptors (Lipinski definition) is 6. The number of anilines is 1. The van der Waals surface area contributed by atoms with Crippen molar-refractivity contribution in [3.8, 4) is 11.5 Å². The molecular formula is C18H16FN3O6. The Hall–Kier alpha value is -3.95. The van der Waals surface area contributed by atoms with Crippen LogP contribution in [0.2, 0.25) is 0 Å². The van der Waals surface area contributed by atoms with E-state index in [1.165, 1.54) is 37.6 Å². The number of amides is 2. The highest BCUT2D eigenvalue weighted by atomic mass is 19.1. The molecule has 0 saturated carbocycles. The third-order valence-corrected chi connectivity index (χ3v) is 3.23. The number of carboxylic acid groups (broad SMARTS) is 1. The summed E-state index contributed by atoms with van der Waals surface area (Å²) in [4.78, 5) is 34.0. The second kappa shape index (κ2) is 9.67. The van der Waals surface area contributed by atoms with Crippen LogP contribution in [0, 0.1) is 5.82 Å². The lowest BCUT2D eigenvalue weighted by Crippen LogP contribution is -2.32. The minimum absolute atomic E-state index is 0.227. The van der Waals surface area contributed by atoms with E-state index < -0.39 is 30.2 Å². The Morgan fingerprint density at radius 2 is 1.82 bits per heavy atom. The second-order valence-electron chi connectivity index (χ2n) is 5.25. The molecule has 2 amide bonds. The summed E-state index contributed by atoms with van der Waals surface area (Å²) in [7, 11) is 1.38. The molecule has 2 aromatic carbocycles. The maximum absolute atomic E-state index is 12.8. The van der Waals surface area contributed by atoms with Crippen molar-refractivity contribution in [2.45, 2.75) is 0 Å². The number of hydrazone groups is 1. The van der Waals surface area contributed by atoms with E-state index in [0.29, 0.717) is 5.56 Å². The number of rotatable bonds is 7. The van der Waals surface area contributed by atoms with Gasteiger partial charge in [0.05, 0.1) is 13.3 Å². The van der Waals surface area contributed by atoms with Crippen LogP contribution in [0.15, 0.2) is 47.6 Å². The molecular weight excluding hydrogens is 373 g/mol. The van der Waals surface area contributed by atoms with Crippen molar-refractivity contribution in [3.05, 3.63) is 53.8 Å². The quantitative estimate of drug-likeness (QED) is 0.373. The predicted molar refractivity (Wildman–Crippen MR) is 96.9 cm³/mol. The number of ether oxygens (including phenoxy) is 2. The fourth-order valence-corrected chi connectivity index (χ4v) is 1.96. The van der Waals surface area contributed by atoms with E-state index in [4.69, 9.17) is 14.6 Å². The van der Waals surface area contributed by atoms with Crippen LogP contribution in [-0.2, 0) is 14.4 Å². The third-order valence-electron chi connectivity index (χ3n) is 3.23. The summed E-state index contributed by atoms with van der Waals surface area (Å²) >= 11 is 0. The second-order valence-corrected chi connectivity index (χ2v) is 5.25. The first kappa shape index (κ1) is 20.4. The number of nitrogens with zero attached hydrogens (tertiary/aromatic N) is 1. The highest BCUT2D eigenvalue weighted by Gasteiger charge is 2.13. The highest BCUT2D eigenvalue weighted by molar-refractivity contribution is 6.39. The highest BCUT2D eigenvalue weighted by Crippen LogP contribution is 2.27. The van der Waals surface area contributed by atoms with Crippen molar-refractivity contribution in [1.82, 2.24) is 5.43 Å². The predicted octanol–water partition coefficient (Wildman–Crippen LogP) is 1.39. The molecule has 0 aliphatic rings. The first-order valence-corrected chi connectivity index (χ1v) is 7.81. The minimum Gasteiger partial charge on any atom is -0.493 e. The molecule has 3 N–H and O–H groups in total. The average Bonchev–Trinajstić information content (AvgIpc) is 2.68. The number of halogens is 1. The first-order valence-electron chi connectivity index (χ1n) is 7.81. The van der Waals surface area contributed by atoms with Crippen LogP contribution in [0.3, 0.4) is 0 Å². The maximum Gasteiger partial charge on any atom is 0.341 e. The summed E-state index contributed by atoms with van der Waals surface area (Å²) in [6.07, 6.45) is 1.26. The van der Waals surface area contributed by atoms with Gasteiger partial charge in [-0.3, -0.25) is 9.59 Å². The van der Waals surface area contributed by atoms with Crippen LogP contribution in [0.1, 0.15) is 5.56 Å². The average molecular weight is 389 g/mol. The van der Waals surface area contributed by atoms with Gasteiger partial charge in [-0.05, 0) is 48.0 Å². The normalized spacial score (nSPS) is 10.4. The zero-order valence-electron chi connectivity index (χ0n) is 14.6. The molecule has 2 aromatic rings. The lowest BCUT2D eigenvalue weighted by Gasteiger charge is -2.09. The largest absolute Gasteiger partial charge is 0.493 e. The van der Waals surface area contributed by atoms with E-state index in [1.807, 2.05) is 5.43 Å². The molecule has 0 saturated heterocycles. The zero-order chi connectivity index (χ0) is 20.5. The molecule has 0 aromatic heterocycles. The molecule has 0 aliphatic carbocycles. The molecule has 0 radical (unpaired) electrons. The van der Waals surface area contributed by atoms with Gasteiger partial charge in [-0.25, -0.2) is 14.6 Å². The van der Waals surface area contributed by atoms with Gasteiger partial charge in [0.15, 0.2) is 18.1 Å². The summed E-state index contributed by atoms with van der Waals surface area (Å²) in [5.41, 5.74) is 2.80. The Bertz CT molecular complexity index is 899. The van der Waals surface area contributed by atoms with Crippen molar-refractivity contribution in [1.29, 1.82) is 0 Å². The van der Waals surface area contributed by atoms with Gasteiger partial charge < -0.3 is 19.9 Å². The maximum atomic E-state index is 12.8. The topological polar surface area (TPSA) is 126 Å². The Kier molecular flexibility index (Phi) is 7.03. The summed E-state index contributed by atoms with van der Waals surface area (Å²) in [5.74, 6) is -3.10. The van der Waals surface area contributed by atoms with Crippen molar-refractivity contribution >= 4 is 29.7 Å². The van der Waals surface area contributed by atoms with Gasteiger partial charge in [0.25, 0.3) is 0 Å². The third kappa shape index (κ3) is 6.09. The van der Waals surface area contributed by atoms with Gasteiger partial charge in [-0.1, -0.05) is 0 Å². The van der Waals surface area contributed by atoms with E-state index in [9.17, 15) is 18.8 Å². The first-order chi connectivity index (χ1) is 13.4. The number of carboxylic acids is 1. The lowest BCUT2D eigenvalue weighted by atomic mass is 10.2. The molecule has 0 bridgehead atoms. The smallest absolute Gasteiger partial charge is 0.341 e. The molecule has 0 fully saturated rings. The molecule has 0 spiro atoms. The molecule has 0 heterocycles. The summed E-state index contributed by atoms with van der Waals surface area (Å²) in [6, 6.07) is 9.44. The Labute approximate surface area is 158 Å². The molecule has 10 heteroatoms. The van der Waals surface area contributed by atoms with Crippen molar-refractivity contribution < 1.29 is 33.4 Å². The van der Waals surface area contributed by atoms with Gasteiger partial charge in [0.2, 0.25) is 0 Å². The van der Waals surface area contributed by atoms with Gasteiger partial charge in [0.1, 0.15) is 5.82 Å². The number of methoxy groups -OCH3 is 1. The van der Waals surface area contributed by atoms with Gasteiger partial charge in [0, 0.05) is 5.69 Å². The number of aliphatic carboxylic acids is 1. The Morgan fingerprint density at radius 1 is 1.11 bits per heavy atom. The molecule has 0 unspecified atom stereocenters. The number of nitrogens with one attached hydrogen (secondary N) is 2. The molecule has 28 heavy (non-hydrogen) atoms.